The molecule has 11 nitrogen and oxygen atoms in total. The summed E-state index contributed by atoms with van der Waals surface area (Å²) in [6.45, 7) is 2.39. The minimum absolute atomic E-state index is 0.0190. The molecule has 1 fully saturated rings. The summed E-state index contributed by atoms with van der Waals surface area (Å²) in [4.78, 5) is 29.6. The number of aliphatic carboxylic acids is 1. The molecule has 0 unspecified atom stereocenters. The summed E-state index contributed by atoms with van der Waals surface area (Å²) >= 11 is 6.97. The number of nitrogens with zero attached hydrogens (tertiary/aromatic N) is 5. The monoisotopic (exact) mass is 580 g/mol. The Bertz CT molecular complexity index is 1360. The van der Waals surface area contributed by atoms with Gasteiger partial charge in [-0.15, -0.1) is 0 Å². The van der Waals surface area contributed by atoms with Gasteiger partial charge in [0.1, 0.15) is 21.7 Å². The predicted molar refractivity (Wildman–Crippen MR) is 129 cm³/mol. The number of aromatic nitrogens is 3. The van der Waals surface area contributed by atoms with Gasteiger partial charge in [0.05, 0.1) is 11.7 Å². The average molecular weight is 581 g/mol. The van der Waals surface area contributed by atoms with Gasteiger partial charge in [0.15, 0.2) is 0 Å². The number of fused-ring (bicyclic) bond motifs is 1. The maximum absolute atomic E-state index is 12.6. The van der Waals surface area contributed by atoms with E-state index < -0.39 is 22.2 Å². The van der Waals surface area contributed by atoms with Gasteiger partial charge in [-0.1, -0.05) is 17.7 Å². The standard InChI is InChI=1S/C18H19ClN6O3S2.C2HF3O2/c19-13-4-6-20-16(12-13)24-8-10-25(11-9-24)17(26)5-7-21-30(27,28)15-3-1-2-14-18(15)23-29-22-14;3-2(4,5)1(6)7/h1-4,6,12,21H,5,7-11H2;(H,6,7). The Hall–Kier alpha value is -3.08. The number of hydrogen-bond donors (Lipinski definition) is 2. The summed E-state index contributed by atoms with van der Waals surface area (Å²) in [5, 5.41) is 7.75. The van der Waals surface area contributed by atoms with E-state index >= 15 is 0 Å². The fourth-order valence-corrected chi connectivity index (χ4v) is 5.23. The lowest BCUT2D eigenvalue weighted by molar-refractivity contribution is -0.192. The molecule has 0 bridgehead atoms. The van der Waals surface area contributed by atoms with Gasteiger partial charge in [-0.25, -0.2) is 22.9 Å². The Morgan fingerprint density at radius 2 is 1.81 bits per heavy atom. The predicted octanol–water partition coefficient (Wildman–Crippen LogP) is 2.39. The number of nitrogens with one attached hydrogen (secondary N) is 1. The number of carboxylic acids is 1. The lowest BCUT2D eigenvalue weighted by Crippen LogP contribution is -2.49. The second kappa shape index (κ2) is 12.0. The normalized spacial score (nSPS) is 14.3. The molecule has 0 saturated carbocycles. The van der Waals surface area contributed by atoms with E-state index in [1.165, 1.54) is 6.07 Å². The molecule has 1 saturated heterocycles. The van der Waals surface area contributed by atoms with Gasteiger partial charge in [0.2, 0.25) is 15.9 Å². The number of rotatable bonds is 6. The van der Waals surface area contributed by atoms with Crippen LogP contribution in [0.1, 0.15) is 6.42 Å². The van der Waals surface area contributed by atoms with E-state index in [9.17, 15) is 26.4 Å². The van der Waals surface area contributed by atoms with Crippen LogP contribution in [0.4, 0.5) is 19.0 Å². The fraction of sp³-hybridized carbons (Fsp3) is 0.350. The number of benzene rings is 1. The van der Waals surface area contributed by atoms with Crippen molar-refractivity contribution in [2.24, 2.45) is 0 Å². The lowest BCUT2D eigenvalue weighted by Gasteiger charge is -2.35. The number of piperazine rings is 1. The van der Waals surface area contributed by atoms with Crippen molar-refractivity contribution in [1.82, 2.24) is 23.4 Å². The van der Waals surface area contributed by atoms with E-state index in [1.807, 2.05) is 0 Å². The number of anilines is 1. The second-order valence-electron chi connectivity index (χ2n) is 7.54. The molecule has 1 amide bonds. The van der Waals surface area contributed by atoms with Gasteiger partial charge in [-0.2, -0.15) is 21.9 Å². The maximum atomic E-state index is 12.6. The molecule has 4 rings (SSSR count). The van der Waals surface area contributed by atoms with E-state index in [-0.39, 0.29) is 23.8 Å². The lowest BCUT2D eigenvalue weighted by atomic mass is 10.2. The van der Waals surface area contributed by atoms with Crippen LogP contribution in [0.25, 0.3) is 11.0 Å². The maximum Gasteiger partial charge on any atom is 0.490 e. The average Bonchev–Trinajstić information content (AvgIpc) is 3.33. The van der Waals surface area contributed by atoms with E-state index in [0.29, 0.717) is 42.2 Å². The van der Waals surface area contributed by atoms with Crippen LogP contribution in [-0.2, 0) is 19.6 Å². The van der Waals surface area contributed by atoms with Crippen molar-refractivity contribution in [3.05, 3.63) is 41.6 Å². The van der Waals surface area contributed by atoms with Gasteiger partial charge in [0.25, 0.3) is 0 Å². The van der Waals surface area contributed by atoms with Gasteiger partial charge in [0, 0.05) is 50.4 Å². The molecule has 1 aliphatic rings. The van der Waals surface area contributed by atoms with Crippen LogP contribution in [0, 0.1) is 0 Å². The highest BCUT2D eigenvalue weighted by Gasteiger charge is 2.38. The molecular formula is C20H20ClF3N6O5S2. The van der Waals surface area contributed by atoms with Gasteiger partial charge in [-0.05, 0) is 24.3 Å². The molecule has 1 aromatic carbocycles. The minimum Gasteiger partial charge on any atom is -0.475 e. The number of alkyl halides is 3. The zero-order chi connectivity index (χ0) is 27.2. The van der Waals surface area contributed by atoms with Crippen LogP contribution in [0.5, 0.6) is 0 Å². The zero-order valence-electron chi connectivity index (χ0n) is 18.9. The fourth-order valence-electron chi connectivity index (χ4n) is 3.28. The number of amides is 1. The largest absolute Gasteiger partial charge is 0.490 e. The quantitative estimate of drug-likeness (QED) is 0.449. The van der Waals surface area contributed by atoms with E-state index in [2.05, 4.69) is 23.4 Å². The van der Waals surface area contributed by atoms with Crippen LogP contribution in [-0.4, -0.2) is 82.9 Å². The molecule has 2 aromatic heterocycles. The van der Waals surface area contributed by atoms with Crippen molar-refractivity contribution in [1.29, 1.82) is 0 Å². The molecule has 0 aliphatic carbocycles. The Morgan fingerprint density at radius 3 is 2.43 bits per heavy atom. The van der Waals surface area contributed by atoms with Crippen molar-refractivity contribution in [3.8, 4) is 0 Å². The second-order valence-corrected chi connectivity index (χ2v) is 10.2. The number of carbonyl (C=O) groups is 2. The smallest absolute Gasteiger partial charge is 0.475 e. The molecule has 37 heavy (non-hydrogen) atoms. The molecule has 2 N–H and O–H groups in total. The number of sulfonamides is 1. The van der Waals surface area contributed by atoms with Crippen LogP contribution in [0.3, 0.4) is 0 Å². The highest BCUT2D eigenvalue weighted by molar-refractivity contribution is 7.89. The van der Waals surface area contributed by atoms with Crippen molar-refractivity contribution in [2.45, 2.75) is 17.5 Å². The molecule has 3 heterocycles. The van der Waals surface area contributed by atoms with Crippen LogP contribution in [0.2, 0.25) is 5.02 Å². The molecular weight excluding hydrogens is 561 g/mol. The number of pyridine rings is 1. The molecule has 200 valence electrons. The number of halogens is 4. The summed E-state index contributed by atoms with van der Waals surface area (Å²) < 4.78 is 67.6. The van der Waals surface area contributed by atoms with Crippen LogP contribution >= 0.6 is 23.3 Å². The Labute approximate surface area is 218 Å². The minimum atomic E-state index is -5.08. The Balaban J connectivity index is 0.000000479. The zero-order valence-corrected chi connectivity index (χ0v) is 21.2. The van der Waals surface area contributed by atoms with E-state index in [1.54, 1.807) is 35.4 Å². The first-order chi connectivity index (χ1) is 17.4. The van der Waals surface area contributed by atoms with E-state index in [0.717, 1.165) is 17.5 Å². The van der Waals surface area contributed by atoms with E-state index in [4.69, 9.17) is 21.5 Å². The first-order valence-electron chi connectivity index (χ1n) is 10.5. The van der Waals surface area contributed by atoms with Gasteiger partial charge >= 0.3 is 12.1 Å². The summed E-state index contributed by atoms with van der Waals surface area (Å²) in [5.74, 6) is -2.06. The number of hydrogen-bond acceptors (Lipinski definition) is 9. The SMILES string of the molecule is O=C(CCNS(=O)(=O)c1cccc2nsnc12)N1CCN(c2cc(Cl)ccn2)CC1.O=C(O)C(F)(F)F. The molecule has 3 aromatic rings. The number of carbonyl (C=O) groups excluding carboxylic acids is 1. The van der Waals surface area contributed by atoms with Crippen molar-refractivity contribution in [2.75, 3.05) is 37.6 Å². The summed E-state index contributed by atoms with van der Waals surface area (Å²) in [6, 6.07) is 8.33. The van der Waals surface area contributed by atoms with Crippen molar-refractivity contribution >= 4 is 62.1 Å². The summed E-state index contributed by atoms with van der Waals surface area (Å²) in [7, 11) is -3.78. The molecule has 1 aliphatic heterocycles. The van der Waals surface area contributed by atoms with Gasteiger partial charge in [-0.3, -0.25) is 4.79 Å². The molecule has 17 heteroatoms. The number of carboxylic acid groups (broad SMARTS) is 1. The first kappa shape index (κ1) is 28.5. The van der Waals surface area contributed by atoms with Gasteiger partial charge < -0.3 is 14.9 Å². The third-order valence-electron chi connectivity index (χ3n) is 5.08. The van der Waals surface area contributed by atoms with Crippen molar-refractivity contribution in [3.63, 3.8) is 0 Å². The van der Waals surface area contributed by atoms with Crippen LogP contribution < -0.4 is 9.62 Å². The Morgan fingerprint density at radius 1 is 1.14 bits per heavy atom. The topological polar surface area (TPSA) is 146 Å². The third-order valence-corrected chi connectivity index (χ3v) is 7.35. The Kier molecular flexibility index (Phi) is 9.22. The highest BCUT2D eigenvalue weighted by atomic mass is 35.5. The highest BCUT2D eigenvalue weighted by Crippen LogP contribution is 2.21. The summed E-state index contributed by atoms with van der Waals surface area (Å²) in [5.41, 5.74) is 0.873. The van der Waals surface area contributed by atoms with Crippen molar-refractivity contribution < 1.29 is 36.3 Å². The summed E-state index contributed by atoms with van der Waals surface area (Å²) in [6.07, 6.45) is -3.34. The first-order valence-corrected chi connectivity index (χ1v) is 13.1. The molecule has 0 spiro atoms. The molecule has 0 atom stereocenters. The third kappa shape index (κ3) is 7.70. The van der Waals surface area contributed by atoms with Crippen LogP contribution in [0.15, 0.2) is 41.4 Å². The molecule has 0 radical (unpaired) electrons.